The minimum Gasteiger partial charge on any atom is -0.493 e. The Morgan fingerprint density at radius 3 is 2.40 bits per heavy atom. The smallest absolute Gasteiger partial charge is 0.127 e. The van der Waals surface area contributed by atoms with Gasteiger partial charge in [-0.15, -0.1) is 0 Å². The van der Waals surface area contributed by atoms with E-state index in [2.05, 4.69) is 6.07 Å². The number of halogens is 1. The van der Waals surface area contributed by atoms with E-state index in [0.717, 1.165) is 18.6 Å². The fourth-order valence-corrected chi connectivity index (χ4v) is 1.97. The molecular weight excluding hydrogens is 255 g/mol. The summed E-state index contributed by atoms with van der Waals surface area (Å²) in [6.07, 6.45) is 2.20. The summed E-state index contributed by atoms with van der Waals surface area (Å²) in [4.78, 5) is 0. The van der Waals surface area contributed by atoms with Crippen LogP contribution in [0.1, 0.15) is 12.8 Å². The molecule has 0 saturated heterocycles. The van der Waals surface area contributed by atoms with Gasteiger partial charge in [-0.25, -0.2) is 4.39 Å². The Labute approximate surface area is 118 Å². The molecule has 1 radical (unpaired) electrons. The van der Waals surface area contributed by atoms with Crippen LogP contribution in [0.15, 0.2) is 48.5 Å². The van der Waals surface area contributed by atoms with Crippen LogP contribution in [0.2, 0.25) is 0 Å². The molecule has 3 rings (SSSR count). The van der Waals surface area contributed by atoms with Crippen molar-refractivity contribution < 1.29 is 13.9 Å². The van der Waals surface area contributed by atoms with Crippen LogP contribution >= 0.6 is 0 Å². The monoisotopic (exact) mass is 271 g/mol. The zero-order valence-electron chi connectivity index (χ0n) is 11.1. The molecule has 0 bridgehead atoms. The van der Waals surface area contributed by atoms with E-state index in [-0.39, 0.29) is 11.2 Å². The molecular formula is C17H16FO2. The van der Waals surface area contributed by atoms with E-state index in [0.29, 0.717) is 19.0 Å². The first kappa shape index (κ1) is 13.0. The predicted molar refractivity (Wildman–Crippen MR) is 74.3 cm³/mol. The van der Waals surface area contributed by atoms with Crippen molar-refractivity contribution in [3.05, 3.63) is 60.4 Å². The molecule has 0 aliphatic heterocycles. The van der Waals surface area contributed by atoms with Gasteiger partial charge < -0.3 is 9.47 Å². The Morgan fingerprint density at radius 1 is 1.00 bits per heavy atom. The summed E-state index contributed by atoms with van der Waals surface area (Å²) < 4.78 is 24.3. The van der Waals surface area contributed by atoms with Gasteiger partial charge in [0.15, 0.2) is 0 Å². The van der Waals surface area contributed by atoms with Gasteiger partial charge in [-0.2, -0.15) is 0 Å². The molecule has 0 spiro atoms. The van der Waals surface area contributed by atoms with Gasteiger partial charge >= 0.3 is 0 Å². The molecule has 0 atom stereocenters. The van der Waals surface area contributed by atoms with Crippen LogP contribution in [0.3, 0.4) is 0 Å². The summed E-state index contributed by atoms with van der Waals surface area (Å²) in [6, 6.07) is 16.7. The molecule has 0 heterocycles. The van der Waals surface area contributed by atoms with Crippen LogP contribution in [-0.2, 0) is 0 Å². The van der Waals surface area contributed by atoms with Gasteiger partial charge in [-0.05, 0) is 43.2 Å². The summed E-state index contributed by atoms with van der Waals surface area (Å²) in [5.41, 5.74) is 0.0953. The molecule has 1 aliphatic carbocycles. The van der Waals surface area contributed by atoms with Crippen LogP contribution in [0.5, 0.6) is 11.5 Å². The largest absolute Gasteiger partial charge is 0.493 e. The molecule has 0 N–H and O–H groups in total. The minimum atomic E-state index is -0.249. The summed E-state index contributed by atoms with van der Waals surface area (Å²) in [5.74, 6) is 1.21. The molecule has 0 unspecified atom stereocenters. The Morgan fingerprint density at radius 2 is 1.75 bits per heavy atom. The second-order valence-corrected chi connectivity index (χ2v) is 5.26. The van der Waals surface area contributed by atoms with E-state index < -0.39 is 0 Å². The first-order valence-corrected chi connectivity index (χ1v) is 6.74. The van der Waals surface area contributed by atoms with Gasteiger partial charge in [0.05, 0.1) is 13.2 Å². The van der Waals surface area contributed by atoms with Crippen LogP contribution in [0, 0.1) is 17.3 Å². The number of para-hydroxylation sites is 1. The number of rotatable bonds is 6. The lowest BCUT2D eigenvalue weighted by atomic mass is 10.1. The topological polar surface area (TPSA) is 18.5 Å². The third-order valence-corrected chi connectivity index (χ3v) is 3.53. The summed E-state index contributed by atoms with van der Waals surface area (Å²) >= 11 is 0. The van der Waals surface area contributed by atoms with Crippen molar-refractivity contribution in [2.45, 2.75) is 12.8 Å². The Hall–Kier alpha value is -2.03. The third-order valence-electron chi connectivity index (χ3n) is 3.53. The van der Waals surface area contributed by atoms with Gasteiger partial charge in [-0.3, -0.25) is 0 Å². The highest BCUT2D eigenvalue weighted by atomic mass is 19.1. The van der Waals surface area contributed by atoms with E-state index in [1.54, 1.807) is 12.1 Å². The normalized spacial score (nSPS) is 15.7. The molecule has 2 aromatic rings. The fourth-order valence-electron chi connectivity index (χ4n) is 1.97. The SMILES string of the molecule is Fc1ccc(OCC2(COc3[c]cccc3)CC2)cc1. The maximum Gasteiger partial charge on any atom is 0.127 e. The van der Waals surface area contributed by atoms with E-state index in [1.165, 1.54) is 12.1 Å². The standard InChI is InChI=1S/C17H16FO2/c18-14-6-8-16(9-7-14)20-13-17(10-11-17)12-19-15-4-2-1-3-5-15/h1-4,6-9H,10-13H2. The quantitative estimate of drug-likeness (QED) is 0.794. The maximum absolute atomic E-state index is 12.8. The van der Waals surface area contributed by atoms with E-state index >= 15 is 0 Å². The molecule has 2 aromatic carbocycles. The molecule has 0 aromatic heterocycles. The van der Waals surface area contributed by atoms with Crippen LogP contribution in [-0.4, -0.2) is 13.2 Å². The first-order chi connectivity index (χ1) is 9.76. The second-order valence-electron chi connectivity index (χ2n) is 5.26. The maximum atomic E-state index is 12.8. The highest BCUT2D eigenvalue weighted by Gasteiger charge is 2.44. The number of benzene rings is 2. The van der Waals surface area contributed by atoms with Gasteiger partial charge in [0, 0.05) is 11.5 Å². The van der Waals surface area contributed by atoms with Gasteiger partial charge in [0.1, 0.15) is 17.3 Å². The van der Waals surface area contributed by atoms with Crippen molar-refractivity contribution in [3.63, 3.8) is 0 Å². The molecule has 1 aliphatic rings. The average Bonchev–Trinajstić information content (AvgIpc) is 3.26. The Bertz CT molecular complexity index is 547. The number of ether oxygens (including phenoxy) is 2. The first-order valence-electron chi connectivity index (χ1n) is 6.74. The molecule has 2 nitrogen and oxygen atoms in total. The lowest BCUT2D eigenvalue weighted by Crippen LogP contribution is -2.21. The number of hydrogen-bond donors (Lipinski definition) is 0. The number of hydrogen-bond acceptors (Lipinski definition) is 2. The molecule has 3 heteroatoms. The van der Waals surface area contributed by atoms with Crippen LogP contribution in [0.4, 0.5) is 4.39 Å². The van der Waals surface area contributed by atoms with Gasteiger partial charge in [-0.1, -0.05) is 18.2 Å². The molecule has 1 saturated carbocycles. The summed E-state index contributed by atoms with van der Waals surface area (Å²) in [6.45, 7) is 1.24. The second kappa shape index (κ2) is 5.53. The molecule has 1 fully saturated rings. The van der Waals surface area contributed by atoms with E-state index in [1.807, 2.05) is 24.3 Å². The minimum absolute atomic E-state index is 0.0953. The fraction of sp³-hybridized carbons (Fsp3) is 0.294. The van der Waals surface area contributed by atoms with Crippen LogP contribution < -0.4 is 9.47 Å². The lowest BCUT2D eigenvalue weighted by molar-refractivity contribution is 0.160. The summed E-state index contributed by atoms with van der Waals surface area (Å²) in [7, 11) is 0. The van der Waals surface area contributed by atoms with E-state index in [9.17, 15) is 4.39 Å². The van der Waals surface area contributed by atoms with Crippen molar-refractivity contribution in [3.8, 4) is 11.5 Å². The zero-order chi connectivity index (χ0) is 13.8. The third kappa shape index (κ3) is 3.29. The van der Waals surface area contributed by atoms with Crippen molar-refractivity contribution in [1.82, 2.24) is 0 Å². The van der Waals surface area contributed by atoms with Crippen molar-refractivity contribution in [1.29, 1.82) is 0 Å². The van der Waals surface area contributed by atoms with Gasteiger partial charge in [0.25, 0.3) is 0 Å². The van der Waals surface area contributed by atoms with Crippen molar-refractivity contribution in [2.24, 2.45) is 5.41 Å². The lowest BCUT2D eigenvalue weighted by Gasteiger charge is -2.17. The molecule has 0 amide bonds. The highest BCUT2D eigenvalue weighted by Crippen LogP contribution is 2.46. The highest BCUT2D eigenvalue weighted by molar-refractivity contribution is 5.23. The van der Waals surface area contributed by atoms with E-state index in [4.69, 9.17) is 9.47 Å². The van der Waals surface area contributed by atoms with Crippen LogP contribution in [0.25, 0.3) is 0 Å². The molecule has 103 valence electrons. The van der Waals surface area contributed by atoms with Gasteiger partial charge in [0.2, 0.25) is 0 Å². The summed E-state index contributed by atoms with van der Waals surface area (Å²) in [5, 5.41) is 0. The van der Waals surface area contributed by atoms with Crippen molar-refractivity contribution in [2.75, 3.05) is 13.2 Å². The zero-order valence-corrected chi connectivity index (χ0v) is 11.1. The van der Waals surface area contributed by atoms with Crippen molar-refractivity contribution >= 4 is 0 Å². The molecule has 20 heavy (non-hydrogen) atoms. The Kier molecular flexibility index (Phi) is 3.59. The Balaban J connectivity index is 1.51. The predicted octanol–water partition coefficient (Wildman–Crippen LogP) is 3.86. The average molecular weight is 271 g/mol.